The second-order valence-electron chi connectivity index (χ2n) is 2.56. The van der Waals surface area contributed by atoms with Crippen LogP contribution in [0.15, 0.2) is 12.1 Å². The van der Waals surface area contributed by atoms with Gasteiger partial charge < -0.3 is 5.32 Å². The fraction of sp³-hybridized carbons (Fsp3) is 0.125. The smallest absolute Gasteiger partial charge is 0.183 e. The molecule has 0 aromatic heterocycles. The lowest BCUT2D eigenvalue weighted by molar-refractivity contribution is 0.101. The van der Waals surface area contributed by atoms with Crippen molar-refractivity contribution in [2.75, 3.05) is 11.9 Å². The number of fused-ring (bicyclic) bond motifs is 1. The first-order chi connectivity index (χ1) is 5.70. The molecule has 1 aromatic rings. The summed E-state index contributed by atoms with van der Waals surface area (Å²) in [6.07, 6.45) is 0. The number of ketones is 1. The van der Waals surface area contributed by atoms with Crippen LogP contribution in [0.3, 0.4) is 0 Å². The van der Waals surface area contributed by atoms with Gasteiger partial charge in [0, 0.05) is 5.56 Å². The number of hydrogen-bond donors (Lipinski definition) is 1. The average molecular weight is 202 g/mol. The predicted octanol–water partition coefficient (Wildman–Crippen LogP) is 2.60. The summed E-state index contributed by atoms with van der Waals surface area (Å²) in [7, 11) is 0. The molecule has 0 atom stereocenters. The molecule has 62 valence electrons. The molecule has 1 aliphatic rings. The quantitative estimate of drug-likeness (QED) is 0.700. The van der Waals surface area contributed by atoms with E-state index in [1.807, 2.05) is 0 Å². The number of rotatable bonds is 0. The molecule has 0 bridgehead atoms. The second-order valence-corrected chi connectivity index (χ2v) is 3.35. The molecule has 0 amide bonds. The first-order valence-electron chi connectivity index (χ1n) is 3.45. The Labute approximate surface area is 79.5 Å². The van der Waals surface area contributed by atoms with E-state index in [4.69, 9.17) is 23.2 Å². The van der Waals surface area contributed by atoms with Crippen LogP contribution >= 0.6 is 23.2 Å². The summed E-state index contributed by atoms with van der Waals surface area (Å²) < 4.78 is 0. The van der Waals surface area contributed by atoms with E-state index < -0.39 is 0 Å². The Balaban J connectivity index is 2.68. The average Bonchev–Trinajstić information content (AvgIpc) is 2.41. The monoisotopic (exact) mass is 201 g/mol. The Morgan fingerprint density at radius 2 is 2.08 bits per heavy atom. The molecular formula is C8H5Cl2NO. The summed E-state index contributed by atoms with van der Waals surface area (Å²) in [5.41, 5.74) is 1.29. The molecule has 1 heterocycles. The maximum absolute atomic E-state index is 11.2. The zero-order chi connectivity index (χ0) is 8.72. The molecule has 4 heteroatoms. The van der Waals surface area contributed by atoms with Crippen LogP contribution in [0.4, 0.5) is 5.69 Å². The third-order valence-corrected chi connectivity index (χ3v) is 2.63. The topological polar surface area (TPSA) is 29.1 Å². The molecule has 0 fully saturated rings. The molecule has 12 heavy (non-hydrogen) atoms. The fourth-order valence-electron chi connectivity index (χ4n) is 1.22. The van der Waals surface area contributed by atoms with Crippen LogP contribution in [0.25, 0.3) is 0 Å². The number of benzene rings is 1. The molecule has 1 aliphatic heterocycles. The van der Waals surface area contributed by atoms with Crippen molar-refractivity contribution in [1.29, 1.82) is 0 Å². The van der Waals surface area contributed by atoms with E-state index in [9.17, 15) is 4.79 Å². The highest BCUT2D eigenvalue weighted by Gasteiger charge is 2.22. The van der Waals surface area contributed by atoms with Gasteiger partial charge in [-0.25, -0.2) is 0 Å². The lowest BCUT2D eigenvalue weighted by Crippen LogP contribution is -2.00. The van der Waals surface area contributed by atoms with E-state index in [1.54, 1.807) is 12.1 Å². The third kappa shape index (κ3) is 0.993. The summed E-state index contributed by atoms with van der Waals surface area (Å²) >= 11 is 11.6. The summed E-state index contributed by atoms with van der Waals surface area (Å²) in [4.78, 5) is 11.2. The molecule has 0 aliphatic carbocycles. The minimum atomic E-state index is 0.0589. The number of carbonyl (C=O) groups is 1. The van der Waals surface area contributed by atoms with Gasteiger partial charge in [0.1, 0.15) is 0 Å². The minimum Gasteiger partial charge on any atom is -0.376 e. The lowest BCUT2D eigenvalue weighted by Gasteiger charge is -2.01. The van der Waals surface area contributed by atoms with Crippen LogP contribution in [0, 0.1) is 0 Å². The van der Waals surface area contributed by atoms with Gasteiger partial charge in [-0.15, -0.1) is 0 Å². The van der Waals surface area contributed by atoms with Gasteiger partial charge in [0.05, 0.1) is 22.3 Å². The van der Waals surface area contributed by atoms with Gasteiger partial charge in [-0.2, -0.15) is 0 Å². The van der Waals surface area contributed by atoms with Gasteiger partial charge in [0.15, 0.2) is 5.78 Å². The summed E-state index contributed by atoms with van der Waals surface area (Å²) in [5, 5.41) is 3.79. The maximum atomic E-state index is 11.2. The number of anilines is 1. The van der Waals surface area contributed by atoms with Crippen molar-refractivity contribution in [2.24, 2.45) is 0 Å². The standard InChI is InChI=1S/C8H5Cl2NO/c9-5-2-1-4-6(12)3-11-8(4)7(5)10/h1-2,11H,3H2. The molecule has 0 spiro atoms. The molecule has 1 N–H and O–H groups in total. The molecule has 2 rings (SSSR count). The van der Waals surface area contributed by atoms with Crippen LogP contribution in [0.1, 0.15) is 10.4 Å². The number of Topliss-reactive ketones (excluding diaryl/α,β-unsaturated/α-hetero) is 1. The zero-order valence-electron chi connectivity index (χ0n) is 6.03. The SMILES string of the molecule is O=C1CNc2c1ccc(Cl)c2Cl. The van der Waals surface area contributed by atoms with Crippen LogP contribution < -0.4 is 5.32 Å². The van der Waals surface area contributed by atoms with E-state index in [1.165, 1.54) is 0 Å². The van der Waals surface area contributed by atoms with Crippen molar-refractivity contribution in [1.82, 2.24) is 0 Å². The highest BCUT2D eigenvalue weighted by Crippen LogP contribution is 2.35. The highest BCUT2D eigenvalue weighted by molar-refractivity contribution is 6.44. The van der Waals surface area contributed by atoms with Crippen LogP contribution in [0.2, 0.25) is 10.0 Å². The van der Waals surface area contributed by atoms with Gasteiger partial charge in [-0.05, 0) is 12.1 Å². The normalized spacial score (nSPS) is 14.3. The molecule has 0 saturated heterocycles. The van der Waals surface area contributed by atoms with Crippen LogP contribution in [-0.4, -0.2) is 12.3 Å². The van der Waals surface area contributed by atoms with Gasteiger partial charge >= 0.3 is 0 Å². The summed E-state index contributed by atoms with van der Waals surface area (Å²) in [6.45, 7) is 0.315. The number of carbonyl (C=O) groups excluding carboxylic acids is 1. The Morgan fingerprint density at radius 3 is 2.83 bits per heavy atom. The molecule has 2 nitrogen and oxygen atoms in total. The summed E-state index contributed by atoms with van der Waals surface area (Å²) in [6, 6.07) is 3.32. The lowest BCUT2D eigenvalue weighted by atomic mass is 10.1. The van der Waals surface area contributed by atoms with Crippen molar-refractivity contribution in [3.63, 3.8) is 0 Å². The van der Waals surface area contributed by atoms with E-state index in [2.05, 4.69) is 5.32 Å². The van der Waals surface area contributed by atoms with Gasteiger partial charge in [0.25, 0.3) is 0 Å². The molecule has 0 unspecified atom stereocenters. The Hall–Kier alpha value is -0.730. The Bertz CT molecular complexity index is 362. The second kappa shape index (κ2) is 2.64. The van der Waals surface area contributed by atoms with Gasteiger partial charge in [-0.1, -0.05) is 23.2 Å². The largest absolute Gasteiger partial charge is 0.376 e. The number of hydrogen-bond acceptors (Lipinski definition) is 2. The van der Waals surface area contributed by atoms with Crippen molar-refractivity contribution in [3.05, 3.63) is 27.7 Å². The zero-order valence-corrected chi connectivity index (χ0v) is 7.54. The third-order valence-electron chi connectivity index (χ3n) is 1.82. The Morgan fingerprint density at radius 1 is 1.33 bits per heavy atom. The highest BCUT2D eigenvalue weighted by atomic mass is 35.5. The molecule has 0 saturated carbocycles. The molecule has 1 aromatic carbocycles. The van der Waals surface area contributed by atoms with Crippen molar-refractivity contribution >= 4 is 34.7 Å². The van der Waals surface area contributed by atoms with E-state index in [0.717, 1.165) is 0 Å². The van der Waals surface area contributed by atoms with Crippen molar-refractivity contribution in [2.45, 2.75) is 0 Å². The van der Waals surface area contributed by atoms with Crippen molar-refractivity contribution in [3.8, 4) is 0 Å². The molecule has 0 radical (unpaired) electrons. The van der Waals surface area contributed by atoms with Crippen LogP contribution in [0.5, 0.6) is 0 Å². The van der Waals surface area contributed by atoms with E-state index in [0.29, 0.717) is 27.8 Å². The number of halogens is 2. The van der Waals surface area contributed by atoms with Gasteiger partial charge in [0.2, 0.25) is 0 Å². The summed E-state index contributed by atoms with van der Waals surface area (Å²) in [5.74, 6) is 0.0589. The van der Waals surface area contributed by atoms with Crippen LogP contribution in [-0.2, 0) is 0 Å². The minimum absolute atomic E-state index is 0.0589. The van der Waals surface area contributed by atoms with E-state index >= 15 is 0 Å². The van der Waals surface area contributed by atoms with E-state index in [-0.39, 0.29) is 5.78 Å². The first-order valence-corrected chi connectivity index (χ1v) is 4.21. The first kappa shape index (κ1) is 7.90. The maximum Gasteiger partial charge on any atom is 0.183 e. The van der Waals surface area contributed by atoms with Crippen molar-refractivity contribution < 1.29 is 4.79 Å². The Kier molecular flexibility index (Phi) is 1.74. The number of nitrogens with one attached hydrogen (secondary N) is 1. The molecular weight excluding hydrogens is 197 g/mol. The predicted molar refractivity (Wildman–Crippen MR) is 49.3 cm³/mol. The fourth-order valence-corrected chi connectivity index (χ4v) is 1.61. The van der Waals surface area contributed by atoms with Gasteiger partial charge in [-0.3, -0.25) is 4.79 Å².